The van der Waals surface area contributed by atoms with E-state index in [0.29, 0.717) is 0 Å². The highest BCUT2D eigenvalue weighted by atomic mass is 15.2. The summed E-state index contributed by atoms with van der Waals surface area (Å²) < 4.78 is 0. The average Bonchev–Trinajstić information content (AvgIpc) is 2.25. The summed E-state index contributed by atoms with van der Waals surface area (Å²) in [6.07, 6.45) is 0. The Bertz CT molecular complexity index is 352. The van der Waals surface area contributed by atoms with E-state index >= 15 is 0 Å². The normalized spacial score (nSPS) is 10.1. The van der Waals surface area contributed by atoms with Gasteiger partial charge in [0.05, 0.1) is 11.3 Å². The molecule has 0 spiro atoms. The van der Waals surface area contributed by atoms with Crippen LogP contribution in [-0.4, -0.2) is 39.1 Å². The molecule has 0 aliphatic heterocycles. The first-order valence-electron chi connectivity index (χ1n) is 5.00. The SMILES string of the molecule is CN(C)CCN(C)c1ccccc1C#N. The molecule has 1 rings (SSSR count). The second-order valence-electron chi connectivity index (χ2n) is 3.85. The van der Waals surface area contributed by atoms with Gasteiger partial charge in [-0.05, 0) is 26.2 Å². The van der Waals surface area contributed by atoms with E-state index in [9.17, 15) is 0 Å². The van der Waals surface area contributed by atoms with Gasteiger partial charge < -0.3 is 9.80 Å². The third-order valence-corrected chi connectivity index (χ3v) is 2.32. The molecule has 0 aliphatic rings. The minimum absolute atomic E-state index is 0.735. The molecule has 0 N–H and O–H groups in total. The Morgan fingerprint density at radius 1 is 1.13 bits per heavy atom. The number of para-hydroxylation sites is 1. The average molecular weight is 203 g/mol. The van der Waals surface area contributed by atoms with E-state index in [2.05, 4.69) is 15.9 Å². The minimum Gasteiger partial charge on any atom is -0.372 e. The molecule has 3 heteroatoms. The molecule has 0 heterocycles. The fraction of sp³-hybridized carbons (Fsp3) is 0.417. The van der Waals surface area contributed by atoms with Crippen molar-refractivity contribution in [2.75, 3.05) is 39.1 Å². The summed E-state index contributed by atoms with van der Waals surface area (Å²) in [4.78, 5) is 4.24. The zero-order valence-electron chi connectivity index (χ0n) is 9.57. The van der Waals surface area contributed by atoms with Crippen molar-refractivity contribution in [2.45, 2.75) is 0 Å². The number of likely N-dealkylation sites (N-methyl/N-ethyl adjacent to an activating group) is 2. The Balaban J connectivity index is 2.73. The van der Waals surface area contributed by atoms with Gasteiger partial charge in [-0.1, -0.05) is 12.1 Å². The topological polar surface area (TPSA) is 30.3 Å². The lowest BCUT2D eigenvalue weighted by Crippen LogP contribution is -2.28. The maximum absolute atomic E-state index is 8.96. The molecule has 0 bridgehead atoms. The summed E-state index contributed by atoms with van der Waals surface area (Å²) in [5, 5.41) is 8.96. The first-order valence-corrected chi connectivity index (χ1v) is 5.00. The summed E-state index contributed by atoms with van der Waals surface area (Å²) in [7, 11) is 6.10. The van der Waals surface area contributed by atoms with Gasteiger partial charge in [-0.25, -0.2) is 0 Å². The molecule has 3 nitrogen and oxygen atoms in total. The molecular formula is C12H17N3. The zero-order valence-corrected chi connectivity index (χ0v) is 9.57. The maximum Gasteiger partial charge on any atom is 0.101 e. The standard InChI is InChI=1S/C12H17N3/c1-14(2)8-9-15(3)12-7-5-4-6-11(12)10-13/h4-7H,8-9H2,1-3H3. The van der Waals surface area contributed by atoms with Crippen molar-refractivity contribution in [1.29, 1.82) is 5.26 Å². The van der Waals surface area contributed by atoms with E-state index in [4.69, 9.17) is 5.26 Å². The molecule has 0 saturated carbocycles. The largest absolute Gasteiger partial charge is 0.372 e. The smallest absolute Gasteiger partial charge is 0.101 e. The van der Waals surface area contributed by atoms with Crippen LogP contribution in [0.1, 0.15) is 5.56 Å². The Morgan fingerprint density at radius 2 is 1.80 bits per heavy atom. The van der Waals surface area contributed by atoms with E-state index in [1.165, 1.54) is 0 Å². The van der Waals surface area contributed by atoms with E-state index in [1.54, 1.807) is 0 Å². The van der Waals surface area contributed by atoms with E-state index in [1.807, 2.05) is 45.4 Å². The van der Waals surface area contributed by atoms with Gasteiger partial charge in [0.15, 0.2) is 0 Å². The molecular weight excluding hydrogens is 186 g/mol. The Morgan fingerprint density at radius 3 is 2.40 bits per heavy atom. The summed E-state index contributed by atoms with van der Waals surface area (Å²) >= 11 is 0. The monoisotopic (exact) mass is 203 g/mol. The number of rotatable bonds is 4. The van der Waals surface area contributed by atoms with Crippen molar-refractivity contribution >= 4 is 5.69 Å². The molecule has 0 fully saturated rings. The molecule has 15 heavy (non-hydrogen) atoms. The van der Waals surface area contributed by atoms with Crippen LogP contribution >= 0.6 is 0 Å². The highest BCUT2D eigenvalue weighted by Gasteiger charge is 2.05. The number of anilines is 1. The van der Waals surface area contributed by atoms with Gasteiger partial charge in [0.25, 0.3) is 0 Å². The fourth-order valence-corrected chi connectivity index (χ4v) is 1.37. The Kier molecular flexibility index (Phi) is 4.14. The molecule has 0 aliphatic carbocycles. The van der Waals surface area contributed by atoms with Gasteiger partial charge in [0.2, 0.25) is 0 Å². The summed E-state index contributed by atoms with van der Waals surface area (Å²) in [5.74, 6) is 0. The highest BCUT2D eigenvalue weighted by molar-refractivity contribution is 5.58. The van der Waals surface area contributed by atoms with Crippen molar-refractivity contribution in [3.63, 3.8) is 0 Å². The summed E-state index contributed by atoms with van der Waals surface area (Å²) in [5.41, 5.74) is 1.74. The lowest BCUT2D eigenvalue weighted by Gasteiger charge is -2.22. The minimum atomic E-state index is 0.735. The second-order valence-corrected chi connectivity index (χ2v) is 3.85. The predicted molar refractivity (Wildman–Crippen MR) is 63.0 cm³/mol. The zero-order chi connectivity index (χ0) is 11.3. The van der Waals surface area contributed by atoms with E-state index < -0.39 is 0 Å². The van der Waals surface area contributed by atoms with Crippen LogP contribution in [0, 0.1) is 11.3 Å². The fourth-order valence-electron chi connectivity index (χ4n) is 1.37. The lowest BCUT2D eigenvalue weighted by atomic mass is 10.2. The first-order chi connectivity index (χ1) is 7.15. The van der Waals surface area contributed by atoms with Gasteiger partial charge >= 0.3 is 0 Å². The highest BCUT2D eigenvalue weighted by Crippen LogP contribution is 2.17. The third-order valence-electron chi connectivity index (χ3n) is 2.32. The van der Waals surface area contributed by atoms with Gasteiger partial charge in [0, 0.05) is 20.1 Å². The van der Waals surface area contributed by atoms with Gasteiger partial charge in [-0.15, -0.1) is 0 Å². The van der Waals surface area contributed by atoms with Crippen LogP contribution in [0.2, 0.25) is 0 Å². The first kappa shape index (κ1) is 11.5. The predicted octanol–water partition coefficient (Wildman–Crippen LogP) is 1.56. The number of nitrogens with zero attached hydrogens (tertiary/aromatic N) is 3. The van der Waals surface area contributed by atoms with Gasteiger partial charge in [0.1, 0.15) is 6.07 Å². The number of hydrogen-bond acceptors (Lipinski definition) is 3. The maximum atomic E-state index is 8.96. The third kappa shape index (κ3) is 3.26. The molecule has 1 aromatic carbocycles. The van der Waals surface area contributed by atoms with Crippen LogP contribution in [0.5, 0.6) is 0 Å². The molecule has 80 valence electrons. The van der Waals surface area contributed by atoms with Crippen molar-refractivity contribution in [3.05, 3.63) is 29.8 Å². The Hall–Kier alpha value is -1.53. The number of benzene rings is 1. The van der Waals surface area contributed by atoms with Gasteiger partial charge in [-0.3, -0.25) is 0 Å². The molecule has 0 atom stereocenters. The second kappa shape index (κ2) is 5.38. The molecule has 0 radical (unpaired) electrons. The van der Waals surface area contributed by atoms with Crippen LogP contribution in [0.15, 0.2) is 24.3 Å². The Labute approximate surface area is 91.5 Å². The molecule has 1 aromatic rings. The van der Waals surface area contributed by atoms with Crippen LogP contribution in [0.4, 0.5) is 5.69 Å². The van der Waals surface area contributed by atoms with Crippen molar-refractivity contribution < 1.29 is 0 Å². The summed E-state index contributed by atoms with van der Waals surface area (Å²) in [6.45, 7) is 1.90. The molecule has 0 saturated heterocycles. The van der Waals surface area contributed by atoms with Crippen LogP contribution in [0.3, 0.4) is 0 Å². The van der Waals surface area contributed by atoms with Crippen molar-refractivity contribution in [3.8, 4) is 6.07 Å². The quantitative estimate of drug-likeness (QED) is 0.744. The van der Waals surface area contributed by atoms with E-state index in [0.717, 1.165) is 24.3 Å². The van der Waals surface area contributed by atoms with Crippen molar-refractivity contribution in [1.82, 2.24) is 4.90 Å². The van der Waals surface area contributed by atoms with Crippen LogP contribution < -0.4 is 4.90 Å². The lowest BCUT2D eigenvalue weighted by molar-refractivity contribution is 0.416. The molecule has 0 aromatic heterocycles. The van der Waals surface area contributed by atoms with Gasteiger partial charge in [-0.2, -0.15) is 5.26 Å². The number of nitriles is 1. The van der Waals surface area contributed by atoms with E-state index in [-0.39, 0.29) is 0 Å². The number of hydrogen-bond donors (Lipinski definition) is 0. The van der Waals surface area contributed by atoms with Crippen LogP contribution in [-0.2, 0) is 0 Å². The summed E-state index contributed by atoms with van der Waals surface area (Å²) in [6, 6.07) is 9.89. The molecule has 0 amide bonds. The van der Waals surface area contributed by atoms with Crippen molar-refractivity contribution in [2.24, 2.45) is 0 Å². The van der Waals surface area contributed by atoms with Crippen LogP contribution in [0.25, 0.3) is 0 Å². The molecule has 0 unspecified atom stereocenters.